The topological polar surface area (TPSA) is 73.9 Å². The van der Waals surface area contributed by atoms with Crippen molar-refractivity contribution in [3.05, 3.63) is 46.3 Å². The second kappa shape index (κ2) is 8.64. The summed E-state index contributed by atoms with van der Waals surface area (Å²) in [4.78, 5) is 26.9. The number of dihydropyridines is 1. The van der Waals surface area contributed by atoms with E-state index >= 15 is 0 Å². The Balaban J connectivity index is 1.86. The van der Waals surface area contributed by atoms with Gasteiger partial charge >= 0.3 is 5.97 Å². The molecule has 1 aliphatic heterocycles. The lowest BCUT2D eigenvalue weighted by molar-refractivity contribution is -0.144. The second-order valence-corrected chi connectivity index (χ2v) is 9.82. The number of ether oxygens (including phenoxy) is 3. The third-order valence-corrected chi connectivity index (χ3v) is 6.78. The standard InChI is InChI=1S/C26H33NO5/c1-15-21(25(29)32-16-9-6-7-10-16)22(17-11-8-12-20(30-4)24(17)31-5)23-18(27-15)13-26(2,3)14-19(23)28/h8,11-12,16,22,27H,6-7,9-10,13-14H2,1-5H3. The van der Waals surface area contributed by atoms with E-state index in [0.717, 1.165) is 49.1 Å². The van der Waals surface area contributed by atoms with Gasteiger partial charge in [-0.05, 0) is 50.5 Å². The van der Waals surface area contributed by atoms with E-state index in [4.69, 9.17) is 14.2 Å². The average Bonchev–Trinajstić information content (AvgIpc) is 3.23. The number of methoxy groups -OCH3 is 2. The van der Waals surface area contributed by atoms with Crippen LogP contribution in [0, 0.1) is 5.41 Å². The summed E-state index contributed by atoms with van der Waals surface area (Å²) in [7, 11) is 3.16. The summed E-state index contributed by atoms with van der Waals surface area (Å²) in [6.07, 6.45) is 5.03. The molecule has 2 aliphatic carbocycles. The summed E-state index contributed by atoms with van der Waals surface area (Å²) in [5, 5.41) is 3.39. The van der Waals surface area contributed by atoms with Crippen LogP contribution >= 0.6 is 0 Å². The molecule has 1 saturated carbocycles. The molecule has 4 rings (SSSR count). The first-order valence-electron chi connectivity index (χ1n) is 11.4. The summed E-state index contributed by atoms with van der Waals surface area (Å²) in [5.41, 5.74) is 3.33. The zero-order valence-electron chi connectivity index (χ0n) is 19.7. The Bertz CT molecular complexity index is 997. The van der Waals surface area contributed by atoms with Crippen LogP contribution in [0.5, 0.6) is 11.5 Å². The molecule has 0 saturated heterocycles. The van der Waals surface area contributed by atoms with E-state index in [1.807, 2.05) is 25.1 Å². The van der Waals surface area contributed by atoms with Crippen molar-refractivity contribution in [3.8, 4) is 11.5 Å². The molecule has 0 aromatic heterocycles. The Morgan fingerprint density at radius 3 is 2.47 bits per heavy atom. The van der Waals surface area contributed by atoms with Crippen molar-refractivity contribution in [1.29, 1.82) is 0 Å². The van der Waals surface area contributed by atoms with E-state index < -0.39 is 5.92 Å². The summed E-state index contributed by atoms with van der Waals surface area (Å²) < 4.78 is 17.2. The predicted molar refractivity (Wildman–Crippen MR) is 122 cm³/mol. The first-order chi connectivity index (χ1) is 15.3. The lowest BCUT2D eigenvalue weighted by Crippen LogP contribution is -2.39. The lowest BCUT2D eigenvalue weighted by Gasteiger charge is -2.39. The van der Waals surface area contributed by atoms with Gasteiger partial charge in [0.25, 0.3) is 0 Å². The lowest BCUT2D eigenvalue weighted by atomic mass is 9.68. The van der Waals surface area contributed by atoms with Crippen molar-refractivity contribution < 1.29 is 23.8 Å². The molecule has 1 aromatic carbocycles. The van der Waals surface area contributed by atoms with Crippen LogP contribution < -0.4 is 14.8 Å². The fourth-order valence-electron chi connectivity index (χ4n) is 5.38. The molecule has 1 unspecified atom stereocenters. The molecule has 172 valence electrons. The normalized spacial score (nSPS) is 23.0. The van der Waals surface area contributed by atoms with Crippen LogP contribution in [0.2, 0.25) is 0 Å². The number of para-hydroxylation sites is 1. The molecular formula is C26H33NO5. The molecule has 1 atom stereocenters. The van der Waals surface area contributed by atoms with Gasteiger partial charge < -0.3 is 19.5 Å². The van der Waals surface area contributed by atoms with Crippen molar-refractivity contribution in [2.24, 2.45) is 5.41 Å². The van der Waals surface area contributed by atoms with E-state index in [0.29, 0.717) is 29.1 Å². The summed E-state index contributed by atoms with van der Waals surface area (Å²) in [5.74, 6) is 0.229. The fraction of sp³-hybridized carbons (Fsp3) is 0.538. The third kappa shape index (κ3) is 4.03. The van der Waals surface area contributed by atoms with Crippen LogP contribution in [-0.2, 0) is 14.3 Å². The Labute approximate surface area is 190 Å². The quantitative estimate of drug-likeness (QED) is 0.665. The minimum absolute atomic E-state index is 0.0530. The zero-order valence-corrected chi connectivity index (χ0v) is 19.7. The molecule has 0 bridgehead atoms. The van der Waals surface area contributed by atoms with Crippen LogP contribution in [0.4, 0.5) is 0 Å². The SMILES string of the molecule is COc1cccc(C2C(C(=O)OC3CCCC3)=C(C)NC3=C2C(=O)CC(C)(C)C3)c1OC. The minimum Gasteiger partial charge on any atom is -0.493 e. The van der Waals surface area contributed by atoms with Gasteiger partial charge in [0, 0.05) is 29.0 Å². The van der Waals surface area contributed by atoms with Crippen LogP contribution in [0.25, 0.3) is 0 Å². The van der Waals surface area contributed by atoms with E-state index in [1.54, 1.807) is 14.2 Å². The Kier molecular flexibility index (Phi) is 6.06. The molecule has 0 spiro atoms. The largest absolute Gasteiger partial charge is 0.493 e. The number of hydrogen-bond acceptors (Lipinski definition) is 6. The number of carbonyl (C=O) groups is 2. The first-order valence-corrected chi connectivity index (χ1v) is 11.4. The highest BCUT2D eigenvalue weighted by Gasteiger charge is 2.44. The van der Waals surface area contributed by atoms with Gasteiger partial charge in [0.15, 0.2) is 17.3 Å². The monoisotopic (exact) mass is 439 g/mol. The van der Waals surface area contributed by atoms with Gasteiger partial charge in [0.2, 0.25) is 0 Å². The maximum atomic E-state index is 13.5. The molecule has 6 heteroatoms. The van der Waals surface area contributed by atoms with Crippen LogP contribution in [0.15, 0.2) is 40.7 Å². The Morgan fingerprint density at radius 1 is 1.09 bits per heavy atom. The maximum absolute atomic E-state index is 13.5. The van der Waals surface area contributed by atoms with Gasteiger partial charge in [-0.15, -0.1) is 0 Å². The van der Waals surface area contributed by atoms with Gasteiger partial charge in [-0.25, -0.2) is 4.79 Å². The van der Waals surface area contributed by atoms with E-state index in [1.165, 1.54) is 0 Å². The molecule has 32 heavy (non-hydrogen) atoms. The second-order valence-electron chi connectivity index (χ2n) is 9.82. The average molecular weight is 440 g/mol. The number of esters is 1. The molecule has 6 nitrogen and oxygen atoms in total. The summed E-state index contributed by atoms with van der Waals surface area (Å²) in [6, 6.07) is 5.59. The highest BCUT2D eigenvalue weighted by Crippen LogP contribution is 2.50. The van der Waals surface area contributed by atoms with Gasteiger partial charge in [-0.3, -0.25) is 4.79 Å². The van der Waals surface area contributed by atoms with Gasteiger partial charge in [-0.1, -0.05) is 26.0 Å². The molecule has 3 aliphatic rings. The number of nitrogens with one attached hydrogen (secondary N) is 1. The van der Waals surface area contributed by atoms with Crippen LogP contribution in [0.3, 0.4) is 0 Å². The number of carbonyl (C=O) groups excluding carboxylic acids is 2. The number of rotatable bonds is 5. The maximum Gasteiger partial charge on any atom is 0.337 e. The molecule has 1 aromatic rings. The van der Waals surface area contributed by atoms with Crippen molar-refractivity contribution >= 4 is 11.8 Å². The number of Topliss-reactive ketones (excluding diaryl/α,β-unsaturated/α-hetero) is 1. The number of allylic oxidation sites excluding steroid dienone is 3. The highest BCUT2D eigenvalue weighted by molar-refractivity contribution is 6.04. The summed E-state index contributed by atoms with van der Waals surface area (Å²) >= 11 is 0. The molecule has 0 radical (unpaired) electrons. The van der Waals surface area contributed by atoms with Crippen molar-refractivity contribution in [3.63, 3.8) is 0 Å². The Hall–Kier alpha value is -2.76. The van der Waals surface area contributed by atoms with E-state index in [9.17, 15) is 9.59 Å². The van der Waals surface area contributed by atoms with E-state index in [-0.39, 0.29) is 23.3 Å². The third-order valence-electron chi connectivity index (χ3n) is 6.78. The number of hydrogen-bond donors (Lipinski definition) is 1. The molecule has 1 fully saturated rings. The number of ketones is 1. The van der Waals surface area contributed by atoms with E-state index in [2.05, 4.69) is 19.2 Å². The van der Waals surface area contributed by atoms with Crippen molar-refractivity contribution in [2.75, 3.05) is 14.2 Å². The van der Waals surface area contributed by atoms with Gasteiger partial charge in [0.1, 0.15) is 6.10 Å². The van der Waals surface area contributed by atoms with Crippen molar-refractivity contribution in [2.45, 2.75) is 71.3 Å². The smallest absolute Gasteiger partial charge is 0.337 e. The molecular weight excluding hydrogens is 406 g/mol. The predicted octanol–water partition coefficient (Wildman–Crippen LogP) is 4.79. The molecule has 0 amide bonds. The fourth-order valence-corrected chi connectivity index (χ4v) is 5.38. The van der Waals surface area contributed by atoms with Gasteiger partial charge in [0.05, 0.1) is 25.7 Å². The van der Waals surface area contributed by atoms with Crippen LogP contribution in [-0.4, -0.2) is 32.1 Å². The first kappa shape index (κ1) is 22.4. The summed E-state index contributed by atoms with van der Waals surface area (Å²) in [6.45, 7) is 6.08. The molecule has 1 heterocycles. The minimum atomic E-state index is -0.561. The van der Waals surface area contributed by atoms with Crippen LogP contribution in [0.1, 0.15) is 70.8 Å². The number of benzene rings is 1. The van der Waals surface area contributed by atoms with Crippen molar-refractivity contribution in [1.82, 2.24) is 5.32 Å². The zero-order chi connectivity index (χ0) is 23.0. The highest BCUT2D eigenvalue weighted by atomic mass is 16.5. The Morgan fingerprint density at radius 2 is 1.81 bits per heavy atom. The van der Waals surface area contributed by atoms with Gasteiger partial charge in [-0.2, -0.15) is 0 Å². The molecule has 1 N–H and O–H groups in total.